The highest BCUT2D eigenvalue weighted by Gasteiger charge is 2.25. The number of carbonyl (C=O) groups excluding carboxylic acids is 2. The number of rotatable bonds is 14. The fraction of sp³-hybridized carbons (Fsp3) is 0.122. The van der Waals surface area contributed by atoms with Gasteiger partial charge in [-0.1, -0.05) is 91.0 Å². The number of hydrogen-bond acceptors (Lipinski definition) is 11. The second kappa shape index (κ2) is 20.5. The molecule has 0 aliphatic rings. The number of aromatic amines is 1. The molecule has 17 heteroatoms. The van der Waals surface area contributed by atoms with E-state index in [4.69, 9.17) is 10.2 Å². The number of aliphatic carboxylic acids is 2. The molecule has 0 spiro atoms. The largest absolute Gasteiger partial charge is 0.505 e. The van der Waals surface area contributed by atoms with Crippen LogP contribution in [0, 0.1) is 0 Å². The molecule has 17 nitrogen and oxygen atoms in total. The minimum atomic E-state index is -1.07. The molecule has 0 unspecified atom stereocenters. The molecule has 0 bridgehead atoms. The summed E-state index contributed by atoms with van der Waals surface area (Å²) in [5.74, 6) is -4.81. The highest BCUT2D eigenvalue weighted by Crippen LogP contribution is 2.35. The van der Waals surface area contributed by atoms with Crippen molar-refractivity contribution in [3.63, 3.8) is 0 Å². The second-order valence-corrected chi connectivity index (χ2v) is 14.8. The van der Waals surface area contributed by atoms with Gasteiger partial charge in [-0.15, -0.1) is 0 Å². The van der Waals surface area contributed by atoms with Crippen molar-refractivity contribution in [1.29, 1.82) is 0 Å². The lowest BCUT2D eigenvalue weighted by Gasteiger charge is -2.19. The molecule has 2 amide bonds. The standard InChI is InChI=1S/C25H21N3O5.C24H20N4O5/c29-20(30)11-12-26-25(33)22-23(31)17-13-18(24(32)28-19(17)14-27-22)21(15-7-3-1-4-8-15)16-9-5-2-6-10-16;29-18(30)8-11-26-23(32)21-22(31)17-9-12-28(14-15-5-2-1-3-6-15)24(33)19(17)20(27-21)16-7-4-10-25-13-16/h1-10,13-14,21,31H,11-12H2,(H,26,33)(H,28,32)(H,29,30);1-7,9-10,12-13,31H,8,11,14H2,(H,26,32)(H,29,30). The van der Waals surface area contributed by atoms with Crippen LogP contribution in [0.25, 0.3) is 32.9 Å². The highest BCUT2D eigenvalue weighted by atomic mass is 16.4. The van der Waals surface area contributed by atoms with E-state index in [9.17, 15) is 39.0 Å². The lowest BCUT2D eigenvalue weighted by molar-refractivity contribution is -0.137. The number of hydrogen-bond donors (Lipinski definition) is 7. The molecule has 0 radical (unpaired) electrons. The molecule has 332 valence electrons. The molecule has 66 heavy (non-hydrogen) atoms. The summed E-state index contributed by atoms with van der Waals surface area (Å²) in [6, 6.07) is 35.0. The first kappa shape index (κ1) is 45.0. The van der Waals surface area contributed by atoms with Gasteiger partial charge in [-0.25, -0.2) is 9.97 Å². The highest BCUT2D eigenvalue weighted by molar-refractivity contribution is 6.06. The molecule has 0 aliphatic heterocycles. The van der Waals surface area contributed by atoms with E-state index in [-0.39, 0.29) is 75.8 Å². The monoisotopic (exact) mass is 887 g/mol. The molecule has 0 saturated carbocycles. The van der Waals surface area contributed by atoms with Crippen LogP contribution in [0.2, 0.25) is 0 Å². The zero-order chi connectivity index (χ0) is 46.7. The molecule has 8 aromatic rings. The average molecular weight is 888 g/mol. The van der Waals surface area contributed by atoms with Crippen molar-refractivity contribution in [3.05, 3.63) is 194 Å². The minimum Gasteiger partial charge on any atom is -0.505 e. The zero-order valence-electron chi connectivity index (χ0n) is 34.9. The Morgan fingerprint density at radius 1 is 0.682 bits per heavy atom. The van der Waals surface area contributed by atoms with E-state index >= 15 is 0 Å². The Bertz CT molecular complexity index is 3140. The van der Waals surface area contributed by atoms with Crippen molar-refractivity contribution in [2.75, 3.05) is 13.1 Å². The summed E-state index contributed by atoms with van der Waals surface area (Å²) in [6.45, 7) is 0.0861. The number of amides is 2. The lowest BCUT2D eigenvalue weighted by Crippen LogP contribution is -2.28. The van der Waals surface area contributed by atoms with E-state index in [1.54, 1.807) is 36.7 Å². The predicted octanol–water partition coefficient (Wildman–Crippen LogP) is 5.43. The second-order valence-electron chi connectivity index (χ2n) is 14.8. The quantitative estimate of drug-likeness (QED) is 0.0719. The normalized spacial score (nSPS) is 10.9. The first-order chi connectivity index (χ1) is 31.9. The zero-order valence-corrected chi connectivity index (χ0v) is 34.9. The van der Waals surface area contributed by atoms with Gasteiger partial charge in [0, 0.05) is 59.5 Å². The van der Waals surface area contributed by atoms with Gasteiger partial charge in [0.2, 0.25) is 0 Å². The van der Waals surface area contributed by atoms with Crippen LogP contribution in [0.4, 0.5) is 0 Å². The Kier molecular flexibility index (Phi) is 14.0. The number of fused-ring (bicyclic) bond motifs is 2. The van der Waals surface area contributed by atoms with Gasteiger partial charge in [-0.3, -0.25) is 33.8 Å². The van der Waals surface area contributed by atoms with Crippen LogP contribution in [0.3, 0.4) is 0 Å². The predicted molar refractivity (Wildman–Crippen MR) is 243 cm³/mol. The Morgan fingerprint density at radius 3 is 1.83 bits per heavy atom. The Hall–Kier alpha value is -8.99. The summed E-state index contributed by atoms with van der Waals surface area (Å²) < 4.78 is 1.51. The van der Waals surface area contributed by atoms with Gasteiger partial charge in [0.15, 0.2) is 22.9 Å². The Balaban J connectivity index is 0.000000196. The van der Waals surface area contributed by atoms with E-state index in [1.165, 1.54) is 17.0 Å². The molecule has 5 heterocycles. The molecule has 7 N–H and O–H groups in total. The van der Waals surface area contributed by atoms with Crippen molar-refractivity contribution in [2.24, 2.45) is 0 Å². The van der Waals surface area contributed by atoms with Crippen LogP contribution in [-0.4, -0.2) is 81.8 Å². The third-order valence-electron chi connectivity index (χ3n) is 10.4. The van der Waals surface area contributed by atoms with Gasteiger partial charge < -0.3 is 40.6 Å². The van der Waals surface area contributed by atoms with E-state index in [0.717, 1.165) is 16.7 Å². The van der Waals surface area contributed by atoms with Crippen LogP contribution >= 0.6 is 0 Å². The average Bonchev–Trinajstić information content (AvgIpc) is 3.32. The number of nitrogens with one attached hydrogen (secondary N) is 3. The van der Waals surface area contributed by atoms with E-state index in [1.807, 2.05) is 91.0 Å². The molecule has 5 aromatic heterocycles. The minimum absolute atomic E-state index is 0.103. The maximum Gasteiger partial charge on any atom is 0.305 e. The van der Waals surface area contributed by atoms with Gasteiger partial charge in [0.1, 0.15) is 0 Å². The Labute approximate surface area is 374 Å². The van der Waals surface area contributed by atoms with Crippen LogP contribution < -0.4 is 21.8 Å². The van der Waals surface area contributed by atoms with Gasteiger partial charge >= 0.3 is 11.9 Å². The van der Waals surface area contributed by atoms with Crippen LogP contribution in [0.5, 0.6) is 11.5 Å². The summed E-state index contributed by atoms with van der Waals surface area (Å²) in [5.41, 5.74) is 2.84. The third-order valence-corrected chi connectivity index (χ3v) is 10.4. The summed E-state index contributed by atoms with van der Waals surface area (Å²) in [4.78, 5) is 88.1. The van der Waals surface area contributed by atoms with Crippen molar-refractivity contribution in [3.8, 4) is 22.8 Å². The number of aromatic nitrogens is 5. The lowest BCUT2D eigenvalue weighted by atomic mass is 9.85. The molecule has 8 rings (SSSR count). The smallest absolute Gasteiger partial charge is 0.305 e. The number of aromatic hydroxyl groups is 2. The molecule has 0 saturated heterocycles. The van der Waals surface area contributed by atoms with Crippen molar-refractivity contribution < 1.29 is 39.6 Å². The fourth-order valence-corrected chi connectivity index (χ4v) is 7.26. The van der Waals surface area contributed by atoms with Crippen molar-refractivity contribution >= 4 is 45.4 Å². The first-order valence-electron chi connectivity index (χ1n) is 20.5. The summed E-state index contributed by atoms with van der Waals surface area (Å²) >= 11 is 0. The maximum atomic E-state index is 13.4. The molecule has 3 aromatic carbocycles. The van der Waals surface area contributed by atoms with Crippen LogP contribution in [-0.2, 0) is 16.1 Å². The van der Waals surface area contributed by atoms with Gasteiger partial charge in [-0.2, -0.15) is 0 Å². The van der Waals surface area contributed by atoms with Crippen molar-refractivity contribution in [1.82, 2.24) is 35.1 Å². The molecular weight excluding hydrogens is 847 g/mol. The third kappa shape index (κ3) is 10.3. The van der Waals surface area contributed by atoms with E-state index < -0.39 is 41.2 Å². The summed E-state index contributed by atoms with van der Waals surface area (Å²) in [5, 5.41) is 44.6. The molecule has 0 atom stereocenters. The number of pyridine rings is 5. The molecule has 0 fully saturated rings. The molecule has 0 aliphatic carbocycles. The summed E-state index contributed by atoms with van der Waals surface area (Å²) in [7, 11) is 0. The number of nitrogens with zero attached hydrogens (tertiary/aromatic N) is 4. The molecular formula is C49H41N7O10. The van der Waals surface area contributed by atoms with E-state index in [2.05, 4.69) is 30.6 Å². The summed E-state index contributed by atoms with van der Waals surface area (Å²) in [6.07, 6.45) is 5.40. The Morgan fingerprint density at radius 2 is 1.26 bits per heavy atom. The van der Waals surface area contributed by atoms with Gasteiger partial charge in [0.05, 0.1) is 42.2 Å². The first-order valence-corrected chi connectivity index (χ1v) is 20.5. The number of benzene rings is 3. The van der Waals surface area contributed by atoms with E-state index in [0.29, 0.717) is 17.7 Å². The maximum absolute atomic E-state index is 13.4. The number of carbonyl (C=O) groups is 4. The van der Waals surface area contributed by atoms with Crippen LogP contribution in [0.1, 0.15) is 62.0 Å². The van der Waals surface area contributed by atoms with Gasteiger partial charge in [-0.05, 0) is 41.0 Å². The van der Waals surface area contributed by atoms with Crippen molar-refractivity contribution in [2.45, 2.75) is 25.3 Å². The fourth-order valence-electron chi connectivity index (χ4n) is 7.26. The topological polar surface area (TPSA) is 267 Å². The van der Waals surface area contributed by atoms with Gasteiger partial charge in [0.25, 0.3) is 22.9 Å². The van der Waals surface area contributed by atoms with Crippen LogP contribution in [0.15, 0.2) is 150 Å². The number of H-pyrrole nitrogens is 1. The SMILES string of the molecule is O=C(O)CCNC(=O)c1nc(-c2cccnc2)c2c(=O)n(Cc3ccccc3)ccc2c1O.O=C(O)CCNC(=O)c1ncc2[nH]c(=O)c(C(c3ccccc3)c3ccccc3)cc2c1O. The number of carboxylic acids is 2. The number of carboxylic acid groups (broad SMARTS) is 2.